The van der Waals surface area contributed by atoms with Crippen LogP contribution in [0.2, 0.25) is 5.02 Å². The number of anilines is 1. The van der Waals surface area contributed by atoms with E-state index in [-0.39, 0.29) is 11.4 Å². The molecule has 1 amide bonds. The van der Waals surface area contributed by atoms with E-state index >= 15 is 0 Å². The van der Waals surface area contributed by atoms with Crippen molar-refractivity contribution in [3.8, 4) is 16.9 Å². The molecule has 9 heteroatoms. The number of aromatic nitrogens is 3. The van der Waals surface area contributed by atoms with Crippen LogP contribution in [0.3, 0.4) is 0 Å². The zero-order valence-corrected chi connectivity index (χ0v) is 16.2. The van der Waals surface area contributed by atoms with Crippen LogP contribution in [0.15, 0.2) is 78.9 Å². The van der Waals surface area contributed by atoms with Crippen molar-refractivity contribution in [3.63, 3.8) is 0 Å². The van der Waals surface area contributed by atoms with Gasteiger partial charge in [-0.3, -0.25) is 14.9 Å². The predicted octanol–water partition coefficient (Wildman–Crippen LogP) is 4.75. The van der Waals surface area contributed by atoms with Gasteiger partial charge in [-0.25, -0.2) is 0 Å². The van der Waals surface area contributed by atoms with Crippen LogP contribution in [0.5, 0.6) is 0 Å². The van der Waals surface area contributed by atoms with Crippen LogP contribution in [0.1, 0.15) is 10.5 Å². The molecule has 3 aromatic carbocycles. The smallest absolute Gasteiger partial charge is 0.278 e. The number of amides is 1. The van der Waals surface area contributed by atoms with Gasteiger partial charge >= 0.3 is 0 Å². The van der Waals surface area contributed by atoms with Crippen molar-refractivity contribution >= 4 is 28.9 Å². The first-order chi connectivity index (χ1) is 14.5. The fraction of sp³-hybridized carbons (Fsp3) is 0. The average molecular weight is 420 g/mol. The molecule has 0 spiro atoms. The Labute approximate surface area is 175 Å². The summed E-state index contributed by atoms with van der Waals surface area (Å²) in [5.41, 5.74) is 1.92. The van der Waals surface area contributed by atoms with Crippen molar-refractivity contribution in [3.05, 3.63) is 99.7 Å². The van der Waals surface area contributed by atoms with Crippen LogP contribution in [0, 0.1) is 10.1 Å². The molecule has 8 nitrogen and oxygen atoms in total. The van der Waals surface area contributed by atoms with Crippen molar-refractivity contribution < 1.29 is 9.72 Å². The molecule has 0 aliphatic rings. The maximum absolute atomic E-state index is 13.0. The van der Waals surface area contributed by atoms with E-state index in [1.807, 2.05) is 18.2 Å². The van der Waals surface area contributed by atoms with E-state index in [4.69, 9.17) is 11.6 Å². The summed E-state index contributed by atoms with van der Waals surface area (Å²) in [7, 11) is 0. The van der Waals surface area contributed by atoms with E-state index in [0.717, 1.165) is 0 Å². The number of carbonyl (C=O) groups is 1. The Hall–Kier alpha value is -4.04. The van der Waals surface area contributed by atoms with Gasteiger partial charge in [0.2, 0.25) is 0 Å². The number of nitrogens with one attached hydrogen (secondary N) is 1. The van der Waals surface area contributed by atoms with E-state index in [9.17, 15) is 14.9 Å². The molecule has 0 fully saturated rings. The quantitative estimate of drug-likeness (QED) is 0.371. The lowest BCUT2D eigenvalue weighted by atomic mass is 10.1. The normalized spacial score (nSPS) is 10.6. The maximum Gasteiger partial charge on any atom is 0.278 e. The number of nitro groups is 1. The fourth-order valence-corrected chi connectivity index (χ4v) is 3.00. The Balaban J connectivity index is 1.77. The first kappa shape index (κ1) is 19.3. The second-order valence-electron chi connectivity index (χ2n) is 6.26. The van der Waals surface area contributed by atoms with E-state index in [0.29, 0.717) is 27.7 Å². The second-order valence-corrected chi connectivity index (χ2v) is 6.67. The largest absolute Gasteiger partial charge is 0.319 e. The van der Waals surface area contributed by atoms with Gasteiger partial charge in [0.15, 0.2) is 5.69 Å². The molecule has 30 heavy (non-hydrogen) atoms. The van der Waals surface area contributed by atoms with Crippen LogP contribution in [-0.2, 0) is 0 Å². The average Bonchev–Trinajstić information content (AvgIpc) is 3.22. The standard InChI is InChI=1S/C21H14ClN5O3/c22-17-8-4-5-9-18(17)23-21(28)20-19(14-10-12-16(13-11-14)27(29)30)24-26(25-20)15-6-2-1-3-7-15/h1-13H,(H,23,28). The minimum absolute atomic E-state index is 0.0590. The topological polar surface area (TPSA) is 103 Å². The highest BCUT2D eigenvalue weighted by atomic mass is 35.5. The van der Waals surface area contributed by atoms with Gasteiger partial charge in [0, 0.05) is 17.7 Å². The molecule has 1 heterocycles. The van der Waals surface area contributed by atoms with E-state index in [2.05, 4.69) is 15.5 Å². The van der Waals surface area contributed by atoms with Crippen LogP contribution >= 0.6 is 11.6 Å². The Morgan fingerprint density at radius 3 is 2.27 bits per heavy atom. The number of benzene rings is 3. The first-order valence-corrected chi connectivity index (χ1v) is 9.24. The van der Waals surface area contributed by atoms with Crippen LogP contribution < -0.4 is 5.32 Å². The lowest BCUT2D eigenvalue weighted by Gasteiger charge is -2.06. The van der Waals surface area contributed by atoms with Crippen molar-refractivity contribution in [2.24, 2.45) is 0 Å². The predicted molar refractivity (Wildman–Crippen MR) is 113 cm³/mol. The number of non-ortho nitro benzene ring substituents is 1. The fourth-order valence-electron chi connectivity index (χ4n) is 2.82. The lowest BCUT2D eigenvalue weighted by Crippen LogP contribution is -2.14. The summed E-state index contributed by atoms with van der Waals surface area (Å²) < 4.78 is 0. The van der Waals surface area contributed by atoms with Gasteiger partial charge in [-0.1, -0.05) is 41.9 Å². The molecule has 0 bridgehead atoms. The second kappa shape index (κ2) is 8.14. The molecule has 0 radical (unpaired) electrons. The summed E-state index contributed by atoms with van der Waals surface area (Å²) >= 11 is 6.14. The van der Waals surface area contributed by atoms with E-state index in [1.165, 1.54) is 29.1 Å². The number of nitro benzene ring substituents is 1. The van der Waals surface area contributed by atoms with Crippen molar-refractivity contribution in [2.45, 2.75) is 0 Å². The molecule has 1 N–H and O–H groups in total. The van der Waals surface area contributed by atoms with Crippen molar-refractivity contribution in [2.75, 3.05) is 5.32 Å². The molecule has 4 rings (SSSR count). The number of para-hydroxylation sites is 2. The number of hydrogen-bond donors (Lipinski definition) is 1. The van der Waals surface area contributed by atoms with E-state index < -0.39 is 10.8 Å². The van der Waals surface area contributed by atoms with Gasteiger partial charge < -0.3 is 5.32 Å². The Morgan fingerprint density at radius 2 is 1.60 bits per heavy atom. The summed E-state index contributed by atoms with van der Waals surface area (Å²) in [6, 6.07) is 21.7. The third-order valence-corrected chi connectivity index (χ3v) is 4.62. The zero-order chi connectivity index (χ0) is 21.1. The molecular formula is C21H14ClN5O3. The summed E-state index contributed by atoms with van der Waals surface area (Å²) in [5.74, 6) is -0.501. The molecule has 0 aliphatic carbocycles. The summed E-state index contributed by atoms with van der Waals surface area (Å²) in [5, 5.41) is 22.9. The molecule has 0 saturated heterocycles. The van der Waals surface area contributed by atoms with Gasteiger partial charge in [0.05, 0.1) is 21.3 Å². The van der Waals surface area contributed by atoms with Gasteiger partial charge in [0.1, 0.15) is 5.69 Å². The lowest BCUT2D eigenvalue weighted by molar-refractivity contribution is -0.384. The molecule has 0 saturated carbocycles. The third-order valence-electron chi connectivity index (χ3n) is 4.29. The Kier molecular flexibility index (Phi) is 5.23. The van der Waals surface area contributed by atoms with Gasteiger partial charge in [-0.2, -0.15) is 4.80 Å². The number of rotatable bonds is 5. The molecule has 4 aromatic rings. The van der Waals surface area contributed by atoms with Gasteiger partial charge in [-0.05, 0) is 36.4 Å². The van der Waals surface area contributed by atoms with Crippen molar-refractivity contribution in [1.82, 2.24) is 15.0 Å². The molecule has 0 aliphatic heterocycles. The van der Waals surface area contributed by atoms with Gasteiger partial charge in [-0.15, -0.1) is 10.2 Å². The summed E-state index contributed by atoms with van der Waals surface area (Å²) in [6.45, 7) is 0. The third kappa shape index (κ3) is 3.89. The van der Waals surface area contributed by atoms with Crippen LogP contribution in [0.4, 0.5) is 11.4 Å². The highest BCUT2D eigenvalue weighted by molar-refractivity contribution is 6.33. The first-order valence-electron chi connectivity index (χ1n) is 8.86. The highest BCUT2D eigenvalue weighted by Crippen LogP contribution is 2.26. The molecular weight excluding hydrogens is 406 g/mol. The summed E-state index contributed by atoms with van der Waals surface area (Å²) in [4.78, 5) is 24.8. The number of carbonyl (C=O) groups excluding carboxylic acids is 1. The van der Waals surface area contributed by atoms with Crippen molar-refractivity contribution in [1.29, 1.82) is 0 Å². The zero-order valence-electron chi connectivity index (χ0n) is 15.4. The molecule has 0 unspecified atom stereocenters. The number of halogens is 1. The monoisotopic (exact) mass is 419 g/mol. The van der Waals surface area contributed by atoms with Crippen LogP contribution in [0.25, 0.3) is 16.9 Å². The molecule has 1 aromatic heterocycles. The van der Waals surface area contributed by atoms with E-state index in [1.54, 1.807) is 36.4 Å². The summed E-state index contributed by atoms with van der Waals surface area (Å²) in [6.07, 6.45) is 0. The number of nitrogens with zero attached hydrogens (tertiary/aromatic N) is 4. The van der Waals surface area contributed by atoms with Crippen LogP contribution in [-0.4, -0.2) is 25.8 Å². The minimum atomic E-state index is -0.501. The Morgan fingerprint density at radius 1 is 0.933 bits per heavy atom. The SMILES string of the molecule is O=C(Nc1ccccc1Cl)c1nn(-c2ccccc2)nc1-c1ccc([N+](=O)[O-])cc1. The molecule has 0 atom stereocenters. The van der Waals surface area contributed by atoms with Gasteiger partial charge in [0.25, 0.3) is 11.6 Å². The molecule has 148 valence electrons. The minimum Gasteiger partial charge on any atom is -0.319 e. The Bertz CT molecular complexity index is 1220. The maximum atomic E-state index is 13.0. The highest BCUT2D eigenvalue weighted by Gasteiger charge is 2.22. The number of hydrogen-bond acceptors (Lipinski definition) is 5.